The van der Waals surface area contributed by atoms with Crippen molar-refractivity contribution in [2.24, 2.45) is 0 Å². The van der Waals surface area contributed by atoms with Crippen molar-refractivity contribution in [3.63, 3.8) is 0 Å². The van der Waals surface area contributed by atoms with Crippen LogP contribution in [0.3, 0.4) is 0 Å². The summed E-state index contributed by atoms with van der Waals surface area (Å²) in [7, 11) is 0. The highest BCUT2D eigenvalue weighted by Gasteiger charge is 1.85. The van der Waals surface area contributed by atoms with Crippen molar-refractivity contribution in [3.05, 3.63) is 54.4 Å². The van der Waals surface area contributed by atoms with Crippen LogP contribution in [-0.4, -0.2) is 4.98 Å². The summed E-state index contributed by atoms with van der Waals surface area (Å²) in [5.41, 5.74) is 1.11. The lowest BCUT2D eigenvalue weighted by atomic mass is 10.2. The Morgan fingerprint density at radius 3 is 2.92 bits per heavy atom. The molecule has 1 rings (SSSR count). The van der Waals surface area contributed by atoms with Crippen LogP contribution < -0.4 is 0 Å². The minimum atomic E-state index is 0.908. The van der Waals surface area contributed by atoms with Gasteiger partial charge in [-0.1, -0.05) is 30.4 Å². The lowest BCUT2D eigenvalue weighted by Crippen LogP contribution is -1.83. The fraction of sp³-hybridized carbons (Fsp3) is 0.182. The summed E-state index contributed by atoms with van der Waals surface area (Å²) in [5.74, 6) is 0. The van der Waals surface area contributed by atoms with Gasteiger partial charge in [0.05, 0.1) is 0 Å². The average molecular weight is 159 g/mol. The smallest absolute Gasteiger partial charge is 0.0441 e. The van der Waals surface area contributed by atoms with Crippen molar-refractivity contribution in [2.45, 2.75) is 13.3 Å². The zero-order valence-electron chi connectivity index (χ0n) is 7.27. The molecule has 1 aromatic heterocycles. The van der Waals surface area contributed by atoms with Crippen LogP contribution in [0.4, 0.5) is 0 Å². The average Bonchev–Trinajstić information content (AvgIpc) is 2.14. The SMILES string of the molecule is C/C=C\C=C/Cc1ccccn1. The summed E-state index contributed by atoms with van der Waals surface area (Å²) in [5, 5.41) is 0. The van der Waals surface area contributed by atoms with Crippen LogP contribution in [0.5, 0.6) is 0 Å². The quantitative estimate of drug-likeness (QED) is 0.618. The van der Waals surface area contributed by atoms with E-state index in [4.69, 9.17) is 0 Å². The van der Waals surface area contributed by atoms with Gasteiger partial charge >= 0.3 is 0 Å². The summed E-state index contributed by atoms with van der Waals surface area (Å²) in [6, 6.07) is 5.96. The minimum absolute atomic E-state index is 0.908. The van der Waals surface area contributed by atoms with Gasteiger partial charge in [0, 0.05) is 18.3 Å². The first kappa shape index (κ1) is 8.72. The van der Waals surface area contributed by atoms with Gasteiger partial charge in [-0.15, -0.1) is 0 Å². The normalized spacial score (nSPS) is 11.4. The van der Waals surface area contributed by atoms with Crippen LogP contribution in [0.2, 0.25) is 0 Å². The highest BCUT2D eigenvalue weighted by molar-refractivity contribution is 5.10. The molecule has 0 bridgehead atoms. The molecule has 0 saturated carbocycles. The van der Waals surface area contributed by atoms with Gasteiger partial charge in [-0.05, 0) is 19.1 Å². The molecule has 0 unspecified atom stereocenters. The van der Waals surface area contributed by atoms with Crippen molar-refractivity contribution in [1.29, 1.82) is 0 Å². The predicted octanol–water partition coefficient (Wildman–Crippen LogP) is 2.76. The Morgan fingerprint density at radius 1 is 1.33 bits per heavy atom. The van der Waals surface area contributed by atoms with Crippen LogP contribution in [0.15, 0.2) is 48.7 Å². The molecule has 0 atom stereocenters. The van der Waals surface area contributed by atoms with Crippen molar-refractivity contribution in [1.82, 2.24) is 4.98 Å². The second-order valence-electron chi connectivity index (χ2n) is 2.48. The van der Waals surface area contributed by atoms with Crippen LogP contribution in [0.25, 0.3) is 0 Å². The van der Waals surface area contributed by atoms with E-state index in [1.165, 1.54) is 0 Å². The van der Waals surface area contributed by atoms with E-state index in [9.17, 15) is 0 Å². The molecule has 0 spiro atoms. The van der Waals surface area contributed by atoms with Crippen molar-refractivity contribution < 1.29 is 0 Å². The molecule has 1 nitrogen and oxygen atoms in total. The van der Waals surface area contributed by atoms with Gasteiger partial charge in [-0.2, -0.15) is 0 Å². The standard InChI is InChI=1S/C11H13N/c1-2-3-4-5-8-11-9-6-7-10-12-11/h2-7,9-10H,8H2,1H3/b3-2-,5-4-. The fourth-order valence-electron chi connectivity index (χ4n) is 0.897. The molecular formula is C11H13N. The van der Waals surface area contributed by atoms with Gasteiger partial charge in [0.1, 0.15) is 0 Å². The van der Waals surface area contributed by atoms with E-state index in [0.29, 0.717) is 0 Å². The number of nitrogens with zero attached hydrogens (tertiary/aromatic N) is 1. The second-order valence-corrected chi connectivity index (χ2v) is 2.48. The molecule has 0 N–H and O–H groups in total. The molecule has 62 valence electrons. The summed E-state index contributed by atoms with van der Waals surface area (Å²) >= 11 is 0. The first-order chi connectivity index (χ1) is 5.93. The minimum Gasteiger partial charge on any atom is -0.261 e. The summed E-state index contributed by atoms with van der Waals surface area (Å²) in [6.07, 6.45) is 10.9. The Hall–Kier alpha value is -1.37. The molecule has 0 amide bonds. The molecule has 0 fully saturated rings. The van der Waals surface area contributed by atoms with Gasteiger partial charge < -0.3 is 0 Å². The summed E-state index contributed by atoms with van der Waals surface area (Å²) in [6.45, 7) is 2.01. The largest absolute Gasteiger partial charge is 0.261 e. The van der Waals surface area contributed by atoms with E-state index in [-0.39, 0.29) is 0 Å². The summed E-state index contributed by atoms with van der Waals surface area (Å²) in [4.78, 5) is 4.20. The molecule has 0 radical (unpaired) electrons. The van der Waals surface area contributed by atoms with Crippen LogP contribution in [0.1, 0.15) is 12.6 Å². The van der Waals surface area contributed by atoms with Gasteiger partial charge in [-0.3, -0.25) is 4.98 Å². The number of pyridine rings is 1. The highest BCUT2D eigenvalue weighted by atomic mass is 14.7. The zero-order valence-corrected chi connectivity index (χ0v) is 7.27. The lowest BCUT2D eigenvalue weighted by molar-refractivity contribution is 1.11. The Kier molecular flexibility index (Phi) is 3.86. The van der Waals surface area contributed by atoms with Crippen molar-refractivity contribution in [3.8, 4) is 0 Å². The predicted molar refractivity (Wildman–Crippen MR) is 51.9 cm³/mol. The molecule has 12 heavy (non-hydrogen) atoms. The molecule has 0 aliphatic heterocycles. The lowest BCUT2D eigenvalue weighted by Gasteiger charge is -1.91. The first-order valence-electron chi connectivity index (χ1n) is 4.11. The maximum absolute atomic E-state index is 4.20. The van der Waals surface area contributed by atoms with E-state index in [1.54, 1.807) is 0 Å². The Balaban J connectivity index is 2.43. The topological polar surface area (TPSA) is 12.9 Å². The van der Waals surface area contributed by atoms with Crippen LogP contribution >= 0.6 is 0 Å². The fourth-order valence-corrected chi connectivity index (χ4v) is 0.897. The molecule has 1 heteroatoms. The molecular weight excluding hydrogens is 146 g/mol. The maximum atomic E-state index is 4.20. The molecule has 0 aliphatic carbocycles. The third kappa shape index (κ3) is 3.15. The van der Waals surface area contributed by atoms with Crippen molar-refractivity contribution >= 4 is 0 Å². The number of hydrogen-bond donors (Lipinski definition) is 0. The summed E-state index contributed by atoms with van der Waals surface area (Å²) < 4.78 is 0. The van der Waals surface area contributed by atoms with E-state index in [0.717, 1.165) is 12.1 Å². The zero-order chi connectivity index (χ0) is 8.65. The van der Waals surface area contributed by atoms with E-state index >= 15 is 0 Å². The second kappa shape index (κ2) is 5.30. The number of aromatic nitrogens is 1. The maximum Gasteiger partial charge on any atom is 0.0441 e. The highest BCUT2D eigenvalue weighted by Crippen LogP contribution is 1.95. The third-order valence-corrected chi connectivity index (χ3v) is 1.49. The molecule has 0 aromatic carbocycles. The molecule has 0 saturated heterocycles. The Bertz CT molecular complexity index is 260. The Labute approximate surface area is 73.5 Å². The molecule has 1 heterocycles. The van der Waals surface area contributed by atoms with Crippen molar-refractivity contribution in [2.75, 3.05) is 0 Å². The molecule has 1 aromatic rings. The first-order valence-corrected chi connectivity index (χ1v) is 4.11. The van der Waals surface area contributed by atoms with Gasteiger partial charge in [0.15, 0.2) is 0 Å². The third-order valence-electron chi connectivity index (χ3n) is 1.49. The van der Waals surface area contributed by atoms with E-state index in [1.807, 2.05) is 49.5 Å². The van der Waals surface area contributed by atoms with E-state index in [2.05, 4.69) is 11.1 Å². The number of allylic oxidation sites excluding steroid dienone is 4. The van der Waals surface area contributed by atoms with Gasteiger partial charge in [-0.25, -0.2) is 0 Å². The number of hydrogen-bond acceptors (Lipinski definition) is 1. The van der Waals surface area contributed by atoms with E-state index < -0.39 is 0 Å². The monoisotopic (exact) mass is 159 g/mol. The van der Waals surface area contributed by atoms with Crippen LogP contribution in [0, 0.1) is 0 Å². The van der Waals surface area contributed by atoms with Crippen LogP contribution in [-0.2, 0) is 6.42 Å². The van der Waals surface area contributed by atoms with Gasteiger partial charge in [0.25, 0.3) is 0 Å². The Morgan fingerprint density at radius 2 is 2.25 bits per heavy atom. The van der Waals surface area contributed by atoms with Gasteiger partial charge in [0.2, 0.25) is 0 Å². The molecule has 0 aliphatic rings. The number of rotatable bonds is 3.